The van der Waals surface area contributed by atoms with Crippen LogP contribution in [0.2, 0.25) is 0 Å². The highest BCUT2D eigenvalue weighted by molar-refractivity contribution is 5.71. The lowest BCUT2D eigenvalue weighted by atomic mass is 10.0. The molecule has 6 heteroatoms. The van der Waals surface area contributed by atoms with Gasteiger partial charge in [-0.3, -0.25) is 14.4 Å². The summed E-state index contributed by atoms with van der Waals surface area (Å²) < 4.78 is 16.9. The smallest absolute Gasteiger partial charge is 0.306 e. The van der Waals surface area contributed by atoms with Crippen LogP contribution in [0.5, 0.6) is 0 Å². The minimum absolute atomic E-state index is 0.0629. The Morgan fingerprint density at radius 3 is 0.617 bits per heavy atom. The van der Waals surface area contributed by atoms with Crippen LogP contribution in [0, 0.1) is 0 Å². The molecule has 0 N–H and O–H groups in total. The molecule has 0 aromatic carbocycles. The first-order valence-corrected chi connectivity index (χ1v) is 37.2. The van der Waals surface area contributed by atoms with Crippen molar-refractivity contribution < 1.29 is 28.6 Å². The van der Waals surface area contributed by atoms with Crippen LogP contribution < -0.4 is 0 Å². The molecule has 0 aliphatic rings. The quantitative estimate of drug-likeness (QED) is 0.0261. The lowest BCUT2D eigenvalue weighted by molar-refractivity contribution is -0.167. The molecule has 0 aromatic rings. The number of esters is 3. The van der Waals surface area contributed by atoms with E-state index in [1.807, 2.05) is 0 Å². The van der Waals surface area contributed by atoms with Crippen molar-refractivity contribution in [3.05, 3.63) is 12.2 Å². The Balaban J connectivity index is 3.90. The molecule has 0 rings (SSSR count). The molecule has 0 bridgehead atoms. The predicted octanol–water partition coefficient (Wildman–Crippen LogP) is 25.6. The fourth-order valence-electron chi connectivity index (χ4n) is 11.7. The Bertz CT molecular complexity index is 1260. The SMILES string of the molecule is CCCCCCCCCC/C=C\CCCCCCCCCCCCCCCCCCCCCCCC(=O)OCC(COC(=O)CCCCCCCC)OC(=O)CCCCCCCCCCCCCCCCCCCCCCCCCC. The monoisotopic (exact) mass is 1140 g/mol. The Morgan fingerprint density at radius 2 is 0.407 bits per heavy atom. The minimum atomic E-state index is -0.763. The number of ether oxygens (including phenoxy) is 3. The summed E-state index contributed by atoms with van der Waals surface area (Å²) in [5, 5.41) is 0. The van der Waals surface area contributed by atoms with Gasteiger partial charge in [0.25, 0.3) is 0 Å². The molecule has 1 unspecified atom stereocenters. The summed E-state index contributed by atoms with van der Waals surface area (Å²) in [4.78, 5) is 38.1. The summed E-state index contributed by atoms with van der Waals surface area (Å²) in [7, 11) is 0. The number of carbonyl (C=O) groups excluding carboxylic acids is 3. The van der Waals surface area contributed by atoms with Crippen molar-refractivity contribution in [2.24, 2.45) is 0 Å². The van der Waals surface area contributed by atoms with Crippen molar-refractivity contribution in [1.82, 2.24) is 0 Å². The molecule has 81 heavy (non-hydrogen) atoms. The second-order valence-corrected chi connectivity index (χ2v) is 25.6. The summed E-state index contributed by atoms with van der Waals surface area (Å²) in [6.45, 7) is 6.67. The van der Waals surface area contributed by atoms with E-state index < -0.39 is 6.10 Å². The zero-order chi connectivity index (χ0) is 58.5. The van der Waals surface area contributed by atoms with Crippen LogP contribution in [0.1, 0.15) is 432 Å². The van der Waals surface area contributed by atoms with E-state index in [1.165, 1.54) is 334 Å². The van der Waals surface area contributed by atoms with Crippen LogP contribution in [0.25, 0.3) is 0 Å². The van der Waals surface area contributed by atoms with Crippen molar-refractivity contribution in [2.45, 2.75) is 438 Å². The minimum Gasteiger partial charge on any atom is -0.462 e. The van der Waals surface area contributed by atoms with Gasteiger partial charge in [0.15, 0.2) is 6.10 Å². The summed E-state index contributed by atoms with van der Waals surface area (Å²) >= 11 is 0. The van der Waals surface area contributed by atoms with Gasteiger partial charge in [-0.05, 0) is 44.9 Å². The largest absolute Gasteiger partial charge is 0.462 e. The van der Waals surface area contributed by atoms with Gasteiger partial charge in [0.1, 0.15) is 13.2 Å². The molecule has 1 atom stereocenters. The van der Waals surface area contributed by atoms with E-state index in [4.69, 9.17) is 14.2 Å². The first-order valence-electron chi connectivity index (χ1n) is 37.2. The predicted molar refractivity (Wildman–Crippen MR) is 353 cm³/mol. The first kappa shape index (κ1) is 79.2. The maximum Gasteiger partial charge on any atom is 0.306 e. The molecular weight excluding hydrogens is 997 g/mol. The number of rotatable bonds is 70. The molecule has 0 fully saturated rings. The number of hydrogen-bond acceptors (Lipinski definition) is 6. The lowest BCUT2D eigenvalue weighted by Gasteiger charge is -2.18. The molecule has 0 saturated carbocycles. The summed E-state index contributed by atoms with van der Waals surface area (Å²) in [5.41, 5.74) is 0. The fourth-order valence-corrected chi connectivity index (χ4v) is 11.7. The van der Waals surface area contributed by atoms with Gasteiger partial charge in [-0.2, -0.15) is 0 Å². The standard InChI is InChI=1S/C75H144O6/c1-4-7-10-13-16-18-20-22-24-26-28-30-32-34-35-36-37-38-39-40-41-42-44-45-47-49-51-53-55-57-59-62-65-68-74(77)80-71-72(70-79-73(76)67-64-61-15-12-9-6-3)81-75(78)69-66-63-60-58-56-54-52-50-48-46-43-33-31-29-27-25-23-21-19-17-14-11-8-5-2/h26,28,72H,4-25,27,29-71H2,1-3H3/b28-26-. The molecule has 0 spiro atoms. The number of unbranched alkanes of at least 4 members (excludes halogenated alkanes) is 57. The zero-order valence-corrected chi connectivity index (χ0v) is 55.4. The van der Waals surface area contributed by atoms with E-state index in [-0.39, 0.29) is 31.1 Å². The Morgan fingerprint density at radius 1 is 0.235 bits per heavy atom. The van der Waals surface area contributed by atoms with E-state index >= 15 is 0 Å². The van der Waals surface area contributed by atoms with Gasteiger partial charge in [-0.25, -0.2) is 0 Å². The van der Waals surface area contributed by atoms with Crippen LogP contribution >= 0.6 is 0 Å². The van der Waals surface area contributed by atoms with Crippen molar-refractivity contribution in [3.8, 4) is 0 Å². The Labute approximate surface area is 507 Å². The molecule has 0 heterocycles. The zero-order valence-electron chi connectivity index (χ0n) is 55.4. The molecular formula is C75H144O6. The van der Waals surface area contributed by atoms with Crippen LogP contribution in [0.3, 0.4) is 0 Å². The molecule has 6 nitrogen and oxygen atoms in total. The van der Waals surface area contributed by atoms with Crippen LogP contribution in [0.4, 0.5) is 0 Å². The van der Waals surface area contributed by atoms with E-state index in [0.717, 1.165) is 57.8 Å². The van der Waals surface area contributed by atoms with Gasteiger partial charge in [-0.15, -0.1) is 0 Å². The third-order valence-corrected chi connectivity index (χ3v) is 17.3. The number of hydrogen-bond donors (Lipinski definition) is 0. The second kappa shape index (κ2) is 70.6. The molecule has 480 valence electrons. The van der Waals surface area contributed by atoms with E-state index in [1.54, 1.807) is 0 Å². The Hall–Kier alpha value is -1.85. The molecule has 0 amide bonds. The maximum absolute atomic E-state index is 12.9. The van der Waals surface area contributed by atoms with E-state index in [0.29, 0.717) is 19.3 Å². The summed E-state index contributed by atoms with van der Waals surface area (Å²) in [5.74, 6) is -0.839. The van der Waals surface area contributed by atoms with Crippen LogP contribution in [-0.2, 0) is 28.6 Å². The molecule has 0 aliphatic carbocycles. The van der Waals surface area contributed by atoms with Crippen molar-refractivity contribution in [1.29, 1.82) is 0 Å². The number of carbonyl (C=O) groups is 3. The molecule has 0 aliphatic heterocycles. The maximum atomic E-state index is 12.9. The van der Waals surface area contributed by atoms with Gasteiger partial charge in [0.05, 0.1) is 0 Å². The summed E-state index contributed by atoms with van der Waals surface area (Å²) in [6.07, 6.45) is 86.0. The van der Waals surface area contributed by atoms with Gasteiger partial charge < -0.3 is 14.2 Å². The summed E-state index contributed by atoms with van der Waals surface area (Å²) in [6, 6.07) is 0. The van der Waals surface area contributed by atoms with Crippen LogP contribution in [-0.4, -0.2) is 37.2 Å². The van der Waals surface area contributed by atoms with E-state index in [9.17, 15) is 14.4 Å². The average molecular weight is 1140 g/mol. The van der Waals surface area contributed by atoms with Gasteiger partial charge in [0.2, 0.25) is 0 Å². The number of allylic oxidation sites excluding steroid dienone is 2. The third kappa shape index (κ3) is 68.8. The molecule has 0 radical (unpaired) electrons. The highest BCUT2D eigenvalue weighted by Gasteiger charge is 2.20. The lowest BCUT2D eigenvalue weighted by Crippen LogP contribution is -2.30. The van der Waals surface area contributed by atoms with Gasteiger partial charge in [-0.1, -0.05) is 380 Å². The highest BCUT2D eigenvalue weighted by Crippen LogP contribution is 2.20. The van der Waals surface area contributed by atoms with Crippen LogP contribution in [0.15, 0.2) is 12.2 Å². The fraction of sp³-hybridized carbons (Fsp3) is 0.933. The Kier molecular flexibility index (Phi) is 69.0. The van der Waals surface area contributed by atoms with Crippen molar-refractivity contribution >= 4 is 17.9 Å². The van der Waals surface area contributed by atoms with Gasteiger partial charge >= 0.3 is 17.9 Å². The highest BCUT2D eigenvalue weighted by atomic mass is 16.6. The molecule has 0 aromatic heterocycles. The first-order chi connectivity index (χ1) is 40.0. The second-order valence-electron chi connectivity index (χ2n) is 25.6. The van der Waals surface area contributed by atoms with Crippen molar-refractivity contribution in [2.75, 3.05) is 13.2 Å². The van der Waals surface area contributed by atoms with E-state index in [2.05, 4.69) is 32.9 Å². The average Bonchev–Trinajstić information content (AvgIpc) is 3.47. The molecule has 0 saturated heterocycles. The van der Waals surface area contributed by atoms with Crippen molar-refractivity contribution in [3.63, 3.8) is 0 Å². The normalized spacial score (nSPS) is 12.0. The topological polar surface area (TPSA) is 78.9 Å². The third-order valence-electron chi connectivity index (χ3n) is 17.3. The van der Waals surface area contributed by atoms with Gasteiger partial charge in [0, 0.05) is 19.3 Å².